The van der Waals surface area contributed by atoms with Gasteiger partial charge in [-0.2, -0.15) is 0 Å². The lowest BCUT2D eigenvalue weighted by molar-refractivity contribution is -0.119. The van der Waals surface area contributed by atoms with Gasteiger partial charge in [0.15, 0.2) is 0 Å². The third kappa shape index (κ3) is 5.38. The van der Waals surface area contributed by atoms with Crippen LogP contribution in [-0.4, -0.2) is 5.78 Å². The Kier molecular flexibility index (Phi) is 6.94. The second kappa shape index (κ2) is 8.49. The van der Waals surface area contributed by atoms with Crippen LogP contribution < -0.4 is 0 Å². The summed E-state index contributed by atoms with van der Waals surface area (Å²) in [7, 11) is 0. The molecule has 22 heavy (non-hydrogen) atoms. The summed E-state index contributed by atoms with van der Waals surface area (Å²) in [6, 6.07) is 11.5. The standard InChI is InChI=1S/C17H14Br2Cl2O/c18-13-5-1-11(16(20)9-13)3-7-15(22)8-4-12-2-6-14(19)10-17(12)21/h1-2,5-6,9-10H,3-4,7-8H2. The highest BCUT2D eigenvalue weighted by Crippen LogP contribution is 2.24. The van der Waals surface area contributed by atoms with E-state index in [1.54, 1.807) is 0 Å². The monoisotopic (exact) mass is 462 g/mol. The van der Waals surface area contributed by atoms with Crippen molar-refractivity contribution in [2.24, 2.45) is 0 Å². The molecule has 0 bridgehead atoms. The van der Waals surface area contributed by atoms with Crippen LogP contribution in [0.4, 0.5) is 0 Å². The van der Waals surface area contributed by atoms with Crippen LogP contribution in [0.2, 0.25) is 10.0 Å². The average molecular weight is 465 g/mol. The first kappa shape index (κ1) is 18.0. The second-order valence-electron chi connectivity index (χ2n) is 5.01. The Morgan fingerprint density at radius 3 is 1.59 bits per heavy atom. The molecule has 0 aliphatic rings. The van der Waals surface area contributed by atoms with Crippen molar-refractivity contribution in [1.29, 1.82) is 0 Å². The highest BCUT2D eigenvalue weighted by Gasteiger charge is 2.08. The molecule has 0 N–H and O–H groups in total. The fourth-order valence-electron chi connectivity index (χ4n) is 2.12. The van der Waals surface area contributed by atoms with E-state index in [-0.39, 0.29) is 5.78 Å². The Hall–Kier alpha value is -0.350. The summed E-state index contributed by atoms with van der Waals surface area (Å²) in [6.07, 6.45) is 2.32. The van der Waals surface area contributed by atoms with Gasteiger partial charge in [0.2, 0.25) is 0 Å². The molecule has 0 radical (unpaired) electrons. The van der Waals surface area contributed by atoms with Gasteiger partial charge in [-0.05, 0) is 48.2 Å². The van der Waals surface area contributed by atoms with E-state index in [4.69, 9.17) is 23.2 Å². The van der Waals surface area contributed by atoms with Crippen LogP contribution in [0, 0.1) is 0 Å². The van der Waals surface area contributed by atoms with Crippen molar-refractivity contribution in [2.45, 2.75) is 25.7 Å². The van der Waals surface area contributed by atoms with Crippen LogP contribution in [0.3, 0.4) is 0 Å². The van der Waals surface area contributed by atoms with Gasteiger partial charge in [0.05, 0.1) is 0 Å². The molecule has 2 aromatic rings. The van der Waals surface area contributed by atoms with E-state index in [9.17, 15) is 4.79 Å². The van der Waals surface area contributed by atoms with Gasteiger partial charge in [0.1, 0.15) is 5.78 Å². The molecule has 0 fully saturated rings. The molecule has 0 spiro atoms. The number of aryl methyl sites for hydroxylation is 2. The van der Waals surface area contributed by atoms with Crippen LogP contribution in [0.25, 0.3) is 0 Å². The molecule has 2 aromatic carbocycles. The SMILES string of the molecule is O=C(CCc1ccc(Br)cc1Cl)CCc1ccc(Br)cc1Cl. The molecule has 5 heteroatoms. The van der Waals surface area contributed by atoms with Gasteiger partial charge in [-0.1, -0.05) is 67.2 Å². The number of halogens is 4. The first-order valence-corrected chi connectivity index (χ1v) is 9.19. The number of benzene rings is 2. The Morgan fingerprint density at radius 1 is 0.818 bits per heavy atom. The van der Waals surface area contributed by atoms with Gasteiger partial charge in [-0.15, -0.1) is 0 Å². The maximum Gasteiger partial charge on any atom is 0.133 e. The molecule has 0 unspecified atom stereocenters. The lowest BCUT2D eigenvalue weighted by atomic mass is 10.0. The van der Waals surface area contributed by atoms with Gasteiger partial charge in [-0.25, -0.2) is 0 Å². The number of hydrogen-bond acceptors (Lipinski definition) is 1. The molecule has 0 saturated heterocycles. The van der Waals surface area contributed by atoms with E-state index in [0.717, 1.165) is 20.1 Å². The third-order valence-electron chi connectivity index (χ3n) is 3.38. The zero-order valence-electron chi connectivity index (χ0n) is 11.7. The van der Waals surface area contributed by atoms with E-state index in [0.29, 0.717) is 35.7 Å². The van der Waals surface area contributed by atoms with E-state index in [1.165, 1.54) is 0 Å². The summed E-state index contributed by atoms with van der Waals surface area (Å²) < 4.78 is 1.88. The third-order valence-corrected chi connectivity index (χ3v) is 5.07. The topological polar surface area (TPSA) is 17.1 Å². The summed E-state index contributed by atoms with van der Waals surface area (Å²) >= 11 is 19.1. The maximum absolute atomic E-state index is 12.0. The molecule has 0 heterocycles. The molecular formula is C17H14Br2Cl2O. The van der Waals surface area contributed by atoms with E-state index in [1.807, 2.05) is 36.4 Å². The van der Waals surface area contributed by atoms with E-state index < -0.39 is 0 Å². The molecule has 0 aliphatic carbocycles. The largest absolute Gasteiger partial charge is 0.300 e. The zero-order valence-corrected chi connectivity index (χ0v) is 16.4. The lowest BCUT2D eigenvalue weighted by Gasteiger charge is -2.06. The predicted octanol–water partition coefficient (Wildman–Crippen LogP) is 6.65. The van der Waals surface area contributed by atoms with Crippen LogP contribution in [-0.2, 0) is 17.6 Å². The summed E-state index contributed by atoms with van der Waals surface area (Å²) in [5.74, 6) is 0.220. The Bertz CT molecular complexity index is 629. The van der Waals surface area contributed by atoms with E-state index in [2.05, 4.69) is 31.9 Å². The fraction of sp³-hybridized carbons (Fsp3) is 0.235. The molecule has 1 nitrogen and oxygen atoms in total. The molecule has 0 atom stereocenters. The zero-order chi connectivity index (χ0) is 16.1. The van der Waals surface area contributed by atoms with Crippen LogP contribution in [0.15, 0.2) is 45.3 Å². The van der Waals surface area contributed by atoms with Crippen LogP contribution in [0.5, 0.6) is 0 Å². The second-order valence-corrected chi connectivity index (χ2v) is 7.66. The normalized spacial score (nSPS) is 10.7. The summed E-state index contributed by atoms with van der Waals surface area (Å²) in [5, 5.41) is 1.39. The van der Waals surface area contributed by atoms with Gasteiger partial charge in [0, 0.05) is 31.8 Å². The summed E-state index contributed by atoms with van der Waals surface area (Å²) in [6.45, 7) is 0. The minimum absolute atomic E-state index is 0.220. The highest BCUT2D eigenvalue weighted by molar-refractivity contribution is 9.10. The van der Waals surface area contributed by atoms with Crippen molar-refractivity contribution >= 4 is 60.8 Å². The minimum atomic E-state index is 0.220. The van der Waals surface area contributed by atoms with Crippen molar-refractivity contribution in [2.75, 3.05) is 0 Å². The molecule has 0 amide bonds. The summed E-state index contributed by atoms with van der Waals surface area (Å²) in [5.41, 5.74) is 2.00. The molecule has 0 aliphatic heterocycles. The van der Waals surface area contributed by atoms with Gasteiger partial charge in [0.25, 0.3) is 0 Å². The predicted molar refractivity (Wildman–Crippen MR) is 100.0 cm³/mol. The van der Waals surface area contributed by atoms with Gasteiger partial charge >= 0.3 is 0 Å². The fourth-order valence-corrected chi connectivity index (χ4v) is 3.66. The maximum atomic E-state index is 12.0. The molecule has 2 rings (SSSR count). The number of carbonyl (C=O) groups is 1. The number of rotatable bonds is 6. The van der Waals surface area contributed by atoms with Crippen molar-refractivity contribution < 1.29 is 4.79 Å². The van der Waals surface area contributed by atoms with Gasteiger partial charge < -0.3 is 0 Å². The number of ketones is 1. The minimum Gasteiger partial charge on any atom is -0.300 e. The van der Waals surface area contributed by atoms with Crippen LogP contribution in [0.1, 0.15) is 24.0 Å². The van der Waals surface area contributed by atoms with Crippen molar-refractivity contribution in [3.05, 3.63) is 66.5 Å². The number of carbonyl (C=O) groups excluding carboxylic acids is 1. The summed E-state index contributed by atoms with van der Waals surface area (Å²) in [4.78, 5) is 12.0. The molecule has 0 aromatic heterocycles. The van der Waals surface area contributed by atoms with Crippen LogP contribution >= 0.6 is 55.1 Å². The van der Waals surface area contributed by atoms with Crippen molar-refractivity contribution in [1.82, 2.24) is 0 Å². The Balaban J connectivity index is 1.85. The van der Waals surface area contributed by atoms with Crippen molar-refractivity contribution in [3.8, 4) is 0 Å². The number of Topliss-reactive ketones (excluding diaryl/α,β-unsaturated/α-hetero) is 1. The number of hydrogen-bond donors (Lipinski definition) is 0. The lowest BCUT2D eigenvalue weighted by Crippen LogP contribution is -2.03. The highest BCUT2D eigenvalue weighted by atomic mass is 79.9. The average Bonchev–Trinajstić information content (AvgIpc) is 2.45. The molecule has 116 valence electrons. The quantitative estimate of drug-likeness (QED) is 0.467. The van der Waals surface area contributed by atoms with Gasteiger partial charge in [-0.3, -0.25) is 4.79 Å². The van der Waals surface area contributed by atoms with Crippen molar-refractivity contribution in [3.63, 3.8) is 0 Å². The molecular weight excluding hydrogens is 451 g/mol. The first-order valence-electron chi connectivity index (χ1n) is 6.85. The Morgan fingerprint density at radius 2 is 1.23 bits per heavy atom. The molecule has 0 saturated carbocycles. The smallest absolute Gasteiger partial charge is 0.133 e. The first-order chi connectivity index (χ1) is 10.5. The van der Waals surface area contributed by atoms with E-state index >= 15 is 0 Å². The Labute approximate surface area is 157 Å².